The minimum atomic E-state index is -0.857. The van der Waals surface area contributed by atoms with E-state index < -0.39 is 16.7 Å². The molecule has 5 heteroatoms. The van der Waals surface area contributed by atoms with Crippen LogP contribution in [0.3, 0.4) is 0 Å². The molecular formula is C8H12O4S. The molecule has 74 valence electrons. The summed E-state index contributed by atoms with van der Waals surface area (Å²) in [5.41, 5.74) is 0. The molecule has 0 aromatic carbocycles. The lowest BCUT2D eigenvalue weighted by molar-refractivity contribution is -0.141. The van der Waals surface area contributed by atoms with Crippen molar-refractivity contribution in [2.75, 3.05) is 5.75 Å². The Bertz CT molecular complexity index is 222. The summed E-state index contributed by atoms with van der Waals surface area (Å²) >= 11 is 1.42. The highest BCUT2D eigenvalue weighted by molar-refractivity contribution is 8.02. The lowest BCUT2D eigenvalue weighted by Gasteiger charge is -2.36. The molecule has 0 aliphatic carbocycles. The van der Waals surface area contributed by atoms with Gasteiger partial charge in [0.05, 0.1) is 0 Å². The SMILES string of the molecule is O=C(O)CCCC1(C(=O)O)CCS1. The number of carbonyl (C=O) groups is 2. The maximum absolute atomic E-state index is 10.8. The number of hydrogen-bond acceptors (Lipinski definition) is 3. The van der Waals surface area contributed by atoms with E-state index in [1.54, 1.807) is 0 Å². The van der Waals surface area contributed by atoms with Gasteiger partial charge in [0.2, 0.25) is 0 Å². The van der Waals surface area contributed by atoms with Crippen molar-refractivity contribution in [3.63, 3.8) is 0 Å². The van der Waals surface area contributed by atoms with Crippen LogP contribution < -0.4 is 0 Å². The normalized spacial score (nSPS) is 26.5. The molecule has 13 heavy (non-hydrogen) atoms. The molecule has 1 unspecified atom stereocenters. The van der Waals surface area contributed by atoms with E-state index in [-0.39, 0.29) is 6.42 Å². The predicted molar refractivity (Wildman–Crippen MR) is 48.9 cm³/mol. The summed E-state index contributed by atoms with van der Waals surface area (Å²) in [6.45, 7) is 0. The Labute approximate surface area is 80.3 Å². The van der Waals surface area contributed by atoms with E-state index in [2.05, 4.69) is 0 Å². The highest BCUT2D eigenvalue weighted by Gasteiger charge is 2.44. The highest BCUT2D eigenvalue weighted by Crippen LogP contribution is 2.44. The quantitative estimate of drug-likeness (QED) is 0.703. The standard InChI is InChI=1S/C8H12O4S/c9-6(10)2-1-3-8(7(11)12)4-5-13-8/h1-5H2,(H,9,10)(H,11,12). The Hall–Kier alpha value is -0.710. The summed E-state index contributed by atoms with van der Waals surface area (Å²) < 4.78 is -0.671. The Morgan fingerprint density at radius 1 is 1.38 bits per heavy atom. The van der Waals surface area contributed by atoms with E-state index in [1.807, 2.05) is 0 Å². The summed E-state index contributed by atoms with van der Waals surface area (Å²) in [7, 11) is 0. The first-order chi connectivity index (χ1) is 6.07. The zero-order valence-corrected chi connectivity index (χ0v) is 7.97. The van der Waals surface area contributed by atoms with Gasteiger partial charge in [-0.3, -0.25) is 9.59 Å². The fraction of sp³-hybridized carbons (Fsp3) is 0.750. The third-order valence-electron chi connectivity index (χ3n) is 2.25. The molecule has 1 rings (SSSR count). The van der Waals surface area contributed by atoms with E-state index in [1.165, 1.54) is 11.8 Å². The van der Waals surface area contributed by atoms with Crippen molar-refractivity contribution in [1.82, 2.24) is 0 Å². The minimum absolute atomic E-state index is 0.0651. The van der Waals surface area contributed by atoms with E-state index in [4.69, 9.17) is 10.2 Å². The van der Waals surface area contributed by atoms with E-state index in [0.717, 1.165) is 5.75 Å². The summed E-state index contributed by atoms with van der Waals surface area (Å²) in [5.74, 6) is -0.779. The van der Waals surface area contributed by atoms with Crippen molar-refractivity contribution in [2.24, 2.45) is 0 Å². The summed E-state index contributed by atoms with van der Waals surface area (Å²) in [5, 5.41) is 17.3. The Kier molecular flexibility index (Phi) is 3.19. The van der Waals surface area contributed by atoms with Gasteiger partial charge in [0, 0.05) is 6.42 Å². The Balaban J connectivity index is 2.32. The van der Waals surface area contributed by atoms with Gasteiger partial charge in [0.1, 0.15) is 4.75 Å². The molecule has 1 aliphatic rings. The first-order valence-corrected chi connectivity index (χ1v) is 5.14. The van der Waals surface area contributed by atoms with Gasteiger partial charge in [0.15, 0.2) is 0 Å². The van der Waals surface area contributed by atoms with Gasteiger partial charge in [-0.1, -0.05) is 0 Å². The smallest absolute Gasteiger partial charge is 0.319 e. The maximum atomic E-state index is 10.8. The van der Waals surface area contributed by atoms with Crippen LogP contribution in [0.25, 0.3) is 0 Å². The molecule has 1 fully saturated rings. The van der Waals surface area contributed by atoms with Crippen LogP contribution in [0.15, 0.2) is 0 Å². The van der Waals surface area contributed by atoms with Gasteiger partial charge in [-0.2, -0.15) is 0 Å². The van der Waals surface area contributed by atoms with E-state index in [9.17, 15) is 9.59 Å². The van der Waals surface area contributed by atoms with Crippen molar-refractivity contribution < 1.29 is 19.8 Å². The average Bonchev–Trinajstić information content (AvgIpc) is 1.93. The Morgan fingerprint density at radius 3 is 2.31 bits per heavy atom. The molecule has 0 bridgehead atoms. The van der Waals surface area contributed by atoms with Gasteiger partial charge in [-0.15, -0.1) is 11.8 Å². The molecule has 0 aromatic heterocycles. The number of aliphatic carboxylic acids is 2. The molecular weight excluding hydrogens is 192 g/mol. The number of thioether (sulfide) groups is 1. The molecule has 1 aliphatic heterocycles. The third kappa shape index (κ3) is 2.37. The predicted octanol–water partition coefficient (Wildman–Crippen LogP) is 1.20. The number of hydrogen-bond donors (Lipinski definition) is 2. The molecule has 4 nitrogen and oxygen atoms in total. The van der Waals surface area contributed by atoms with Crippen LogP contribution >= 0.6 is 11.8 Å². The highest BCUT2D eigenvalue weighted by atomic mass is 32.2. The molecule has 0 spiro atoms. The summed E-state index contributed by atoms with van der Waals surface area (Å²) in [4.78, 5) is 21.0. The van der Waals surface area contributed by atoms with Crippen molar-refractivity contribution in [1.29, 1.82) is 0 Å². The van der Waals surface area contributed by atoms with Crippen LogP contribution in [-0.4, -0.2) is 32.7 Å². The van der Waals surface area contributed by atoms with Crippen LogP contribution in [0.2, 0.25) is 0 Å². The lowest BCUT2D eigenvalue weighted by atomic mass is 9.97. The topological polar surface area (TPSA) is 74.6 Å². The minimum Gasteiger partial charge on any atom is -0.481 e. The summed E-state index contributed by atoms with van der Waals surface area (Å²) in [6.07, 6.45) is 1.66. The largest absolute Gasteiger partial charge is 0.481 e. The van der Waals surface area contributed by atoms with Crippen molar-refractivity contribution in [3.8, 4) is 0 Å². The Morgan fingerprint density at radius 2 is 2.00 bits per heavy atom. The van der Waals surface area contributed by atoms with Crippen LogP contribution in [0.4, 0.5) is 0 Å². The van der Waals surface area contributed by atoms with Gasteiger partial charge in [-0.25, -0.2) is 0 Å². The molecule has 1 saturated heterocycles. The molecule has 1 heterocycles. The zero-order chi connectivity index (χ0) is 9.90. The first-order valence-electron chi connectivity index (χ1n) is 4.16. The van der Waals surface area contributed by atoms with Crippen molar-refractivity contribution >= 4 is 23.7 Å². The van der Waals surface area contributed by atoms with Gasteiger partial charge in [0.25, 0.3) is 0 Å². The van der Waals surface area contributed by atoms with Crippen molar-refractivity contribution in [2.45, 2.75) is 30.4 Å². The lowest BCUT2D eigenvalue weighted by Crippen LogP contribution is -2.42. The fourth-order valence-electron chi connectivity index (χ4n) is 1.35. The number of carboxylic acids is 2. The second-order valence-electron chi connectivity index (χ2n) is 3.15. The van der Waals surface area contributed by atoms with Crippen molar-refractivity contribution in [3.05, 3.63) is 0 Å². The molecule has 1 atom stereocenters. The van der Waals surface area contributed by atoms with Crippen LogP contribution in [0, 0.1) is 0 Å². The maximum Gasteiger partial charge on any atom is 0.319 e. The monoisotopic (exact) mass is 204 g/mol. The zero-order valence-electron chi connectivity index (χ0n) is 7.15. The molecule has 0 aromatic rings. The first kappa shape index (κ1) is 10.4. The molecule has 2 N–H and O–H groups in total. The third-order valence-corrected chi connectivity index (χ3v) is 3.79. The van der Waals surface area contributed by atoms with Gasteiger partial charge >= 0.3 is 11.9 Å². The van der Waals surface area contributed by atoms with Crippen LogP contribution in [-0.2, 0) is 9.59 Å². The molecule has 0 radical (unpaired) electrons. The summed E-state index contributed by atoms with van der Waals surface area (Å²) in [6, 6.07) is 0. The van der Waals surface area contributed by atoms with Crippen LogP contribution in [0.5, 0.6) is 0 Å². The van der Waals surface area contributed by atoms with Gasteiger partial charge in [-0.05, 0) is 25.0 Å². The average molecular weight is 204 g/mol. The number of rotatable bonds is 5. The van der Waals surface area contributed by atoms with E-state index in [0.29, 0.717) is 19.3 Å². The fourth-order valence-corrected chi connectivity index (χ4v) is 2.46. The van der Waals surface area contributed by atoms with E-state index >= 15 is 0 Å². The number of carboxylic acid groups (broad SMARTS) is 2. The second kappa shape index (κ2) is 4.00. The van der Waals surface area contributed by atoms with Gasteiger partial charge < -0.3 is 10.2 Å². The molecule has 0 amide bonds. The van der Waals surface area contributed by atoms with Crippen LogP contribution in [0.1, 0.15) is 25.7 Å². The molecule has 0 saturated carbocycles. The second-order valence-corrected chi connectivity index (χ2v) is 4.62.